The normalized spacial score (nSPS) is 13.6. The molecule has 1 saturated heterocycles. The van der Waals surface area contributed by atoms with Crippen molar-refractivity contribution in [2.45, 2.75) is 13.2 Å². The van der Waals surface area contributed by atoms with Gasteiger partial charge in [-0.05, 0) is 23.3 Å². The van der Waals surface area contributed by atoms with E-state index in [0.717, 1.165) is 11.1 Å². The minimum Gasteiger partial charge on any atom is -0.471 e. The van der Waals surface area contributed by atoms with E-state index >= 15 is 0 Å². The van der Waals surface area contributed by atoms with Crippen LogP contribution in [-0.4, -0.2) is 46.8 Å². The Labute approximate surface area is 204 Å². The van der Waals surface area contributed by atoms with Gasteiger partial charge in [0, 0.05) is 32.4 Å². The van der Waals surface area contributed by atoms with Crippen molar-refractivity contribution in [2.24, 2.45) is 0 Å². The number of hydrogen-bond acceptors (Lipinski definition) is 4. The van der Waals surface area contributed by atoms with Gasteiger partial charge in [-0.15, -0.1) is 5.10 Å². The Hall–Kier alpha value is -4.13. The van der Waals surface area contributed by atoms with Crippen LogP contribution >= 0.6 is 0 Å². The molecule has 0 atom stereocenters. The van der Waals surface area contributed by atoms with Gasteiger partial charge in [0.1, 0.15) is 18.0 Å². The van der Waals surface area contributed by atoms with Crippen LogP contribution in [0.4, 0.5) is 10.1 Å². The Balaban J connectivity index is 1.33. The number of halogens is 1. The molecule has 1 amide bonds. The summed E-state index contributed by atoms with van der Waals surface area (Å²) in [5.74, 6) is -0.0436. The summed E-state index contributed by atoms with van der Waals surface area (Å²) in [4.78, 5) is 17.3. The average Bonchev–Trinajstić information content (AvgIpc) is 3.31. The van der Waals surface area contributed by atoms with Gasteiger partial charge in [0.15, 0.2) is 0 Å². The molecule has 6 nitrogen and oxygen atoms in total. The number of carbonyl (C=O) groups is 1. The molecule has 178 valence electrons. The van der Waals surface area contributed by atoms with E-state index in [1.165, 1.54) is 6.07 Å². The molecule has 35 heavy (non-hydrogen) atoms. The molecule has 2 heterocycles. The number of amides is 1. The van der Waals surface area contributed by atoms with Crippen LogP contribution < -0.4 is 9.64 Å². The van der Waals surface area contributed by atoms with Crippen LogP contribution in [0.1, 0.15) is 21.5 Å². The summed E-state index contributed by atoms with van der Waals surface area (Å²) < 4.78 is 22.0. The fourth-order valence-electron chi connectivity index (χ4n) is 4.26. The van der Waals surface area contributed by atoms with Crippen molar-refractivity contribution in [3.05, 3.63) is 114 Å². The molecule has 1 aliphatic rings. The Morgan fingerprint density at radius 1 is 0.829 bits per heavy atom. The van der Waals surface area contributed by atoms with Crippen molar-refractivity contribution in [3.8, 4) is 5.88 Å². The second-order valence-electron chi connectivity index (χ2n) is 8.54. The molecule has 1 fully saturated rings. The van der Waals surface area contributed by atoms with Gasteiger partial charge in [-0.2, -0.15) is 0 Å². The van der Waals surface area contributed by atoms with Crippen molar-refractivity contribution in [2.75, 3.05) is 31.1 Å². The highest BCUT2D eigenvalue weighted by Gasteiger charge is 2.27. The zero-order valence-electron chi connectivity index (χ0n) is 19.4. The molecule has 0 unspecified atom stereocenters. The van der Waals surface area contributed by atoms with Crippen LogP contribution in [0.15, 0.2) is 91.1 Å². The molecule has 0 bridgehead atoms. The van der Waals surface area contributed by atoms with E-state index in [4.69, 9.17) is 4.74 Å². The molecular formula is C28H27FN4O2. The van der Waals surface area contributed by atoms with Gasteiger partial charge in [0.2, 0.25) is 5.88 Å². The first-order valence-electron chi connectivity index (χ1n) is 11.7. The lowest BCUT2D eigenvalue weighted by molar-refractivity contribution is 0.0741. The first kappa shape index (κ1) is 22.7. The Morgan fingerprint density at radius 3 is 2.14 bits per heavy atom. The van der Waals surface area contributed by atoms with Crippen LogP contribution in [0.2, 0.25) is 0 Å². The Morgan fingerprint density at radius 2 is 1.46 bits per heavy atom. The molecule has 4 aromatic rings. The van der Waals surface area contributed by atoms with Crippen molar-refractivity contribution >= 4 is 11.6 Å². The number of nitrogens with zero attached hydrogens (tertiary/aromatic N) is 4. The minimum atomic E-state index is -0.244. The van der Waals surface area contributed by atoms with E-state index in [1.54, 1.807) is 27.9 Å². The lowest BCUT2D eigenvalue weighted by Crippen LogP contribution is -2.49. The van der Waals surface area contributed by atoms with Crippen molar-refractivity contribution in [3.63, 3.8) is 0 Å². The number of aromatic nitrogens is 2. The Kier molecular flexibility index (Phi) is 6.75. The van der Waals surface area contributed by atoms with Gasteiger partial charge >= 0.3 is 0 Å². The summed E-state index contributed by atoms with van der Waals surface area (Å²) in [6.45, 7) is 2.97. The molecule has 0 spiro atoms. The molecule has 5 rings (SSSR count). The van der Waals surface area contributed by atoms with E-state index in [0.29, 0.717) is 56.5 Å². The molecule has 0 saturated carbocycles. The maximum atomic E-state index is 14.2. The lowest BCUT2D eigenvalue weighted by Gasteiger charge is -2.36. The summed E-state index contributed by atoms with van der Waals surface area (Å²) in [6.07, 6.45) is 1.76. The molecule has 7 heteroatoms. The molecule has 0 aliphatic carbocycles. The van der Waals surface area contributed by atoms with Gasteiger partial charge in [0.05, 0.1) is 12.2 Å². The van der Waals surface area contributed by atoms with Gasteiger partial charge < -0.3 is 14.5 Å². The van der Waals surface area contributed by atoms with Crippen LogP contribution in [0.25, 0.3) is 0 Å². The number of ether oxygens (including phenoxy) is 1. The number of carbonyl (C=O) groups excluding carboxylic acids is 1. The monoisotopic (exact) mass is 470 g/mol. The SMILES string of the molecule is O=C(c1cn(Cc2ccccc2)nc1OCc1ccccc1)N1CCN(c2ccccc2F)CC1. The highest BCUT2D eigenvalue weighted by Crippen LogP contribution is 2.24. The zero-order chi connectivity index (χ0) is 24.0. The quantitative estimate of drug-likeness (QED) is 0.396. The zero-order valence-corrected chi connectivity index (χ0v) is 19.4. The average molecular weight is 471 g/mol. The number of hydrogen-bond donors (Lipinski definition) is 0. The standard InChI is InChI=1S/C28H27FN4O2/c29-25-13-7-8-14-26(25)31-15-17-32(18-16-31)28(34)24-20-33(19-22-9-3-1-4-10-22)30-27(24)35-21-23-11-5-2-6-12-23/h1-14,20H,15-19,21H2. The summed E-state index contributed by atoms with van der Waals surface area (Å²) in [5.41, 5.74) is 3.10. The third-order valence-electron chi connectivity index (χ3n) is 6.12. The first-order chi connectivity index (χ1) is 17.2. The number of para-hydroxylation sites is 1. The van der Waals surface area contributed by atoms with E-state index in [9.17, 15) is 9.18 Å². The van der Waals surface area contributed by atoms with Crippen LogP contribution in [0.5, 0.6) is 5.88 Å². The molecule has 1 aromatic heterocycles. The molecule has 0 radical (unpaired) electrons. The lowest BCUT2D eigenvalue weighted by atomic mass is 10.2. The van der Waals surface area contributed by atoms with Crippen molar-refractivity contribution < 1.29 is 13.9 Å². The van der Waals surface area contributed by atoms with Crippen LogP contribution in [-0.2, 0) is 13.2 Å². The second kappa shape index (κ2) is 10.4. The fourth-order valence-corrected chi connectivity index (χ4v) is 4.26. The van der Waals surface area contributed by atoms with E-state index < -0.39 is 0 Å². The molecular weight excluding hydrogens is 443 g/mol. The maximum Gasteiger partial charge on any atom is 0.261 e. The van der Waals surface area contributed by atoms with E-state index in [2.05, 4.69) is 5.10 Å². The number of piperazine rings is 1. The number of benzene rings is 3. The smallest absolute Gasteiger partial charge is 0.261 e. The fraction of sp³-hybridized carbons (Fsp3) is 0.214. The Bertz CT molecular complexity index is 1270. The van der Waals surface area contributed by atoms with Gasteiger partial charge in [-0.3, -0.25) is 9.48 Å². The highest BCUT2D eigenvalue weighted by molar-refractivity contribution is 5.96. The van der Waals surface area contributed by atoms with Crippen LogP contribution in [0.3, 0.4) is 0 Å². The third-order valence-corrected chi connectivity index (χ3v) is 6.12. The molecule has 3 aromatic carbocycles. The topological polar surface area (TPSA) is 50.6 Å². The van der Waals surface area contributed by atoms with Crippen molar-refractivity contribution in [1.82, 2.24) is 14.7 Å². The van der Waals surface area contributed by atoms with Gasteiger partial charge in [-0.1, -0.05) is 72.8 Å². The number of anilines is 1. The van der Waals surface area contributed by atoms with E-state index in [1.807, 2.05) is 71.6 Å². The highest BCUT2D eigenvalue weighted by atomic mass is 19.1. The first-order valence-corrected chi connectivity index (χ1v) is 11.7. The van der Waals surface area contributed by atoms with Gasteiger partial charge in [0.25, 0.3) is 5.91 Å². The summed E-state index contributed by atoms with van der Waals surface area (Å²) in [6, 6.07) is 26.5. The predicted molar refractivity (Wildman–Crippen MR) is 133 cm³/mol. The summed E-state index contributed by atoms with van der Waals surface area (Å²) in [7, 11) is 0. The number of rotatable bonds is 7. The molecule has 0 N–H and O–H groups in total. The van der Waals surface area contributed by atoms with Gasteiger partial charge in [-0.25, -0.2) is 4.39 Å². The third kappa shape index (κ3) is 5.35. The maximum absolute atomic E-state index is 14.2. The van der Waals surface area contributed by atoms with Crippen LogP contribution in [0, 0.1) is 5.82 Å². The molecule has 1 aliphatic heterocycles. The van der Waals surface area contributed by atoms with Crippen molar-refractivity contribution in [1.29, 1.82) is 0 Å². The predicted octanol–water partition coefficient (Wildman–Crippen LogP) is 4.61. The largest absolute Gasteiger partial charge is 0.471 e. The summed E-state index contributed by atoms with van der Waals surface area (Å²) >= 11 is 0. The summed E-state index contributed by atoms with van der Waals surface area (Å²) in [5, 5.41) is 4.60. The second-order valence-corrected chi connectivity index (χ2v) is 8.54. The minimum absolute atomic E-state index is 0.124. The van der Waals surface area contributed by atoms with E-state index in [-0.39, 0.29) is 11.7 Å².